The molecule has 6 nitrogen and oxygen atoms in total. The lowest BCUT2D eigenvalue weighted by Gasteiger charge is -2.08. The van der Waals surface area contributed by atoms with Gasteiger partial charge in [-0.25, -0.2) is 14.1 Å². The fraction of sp³-hybridized carbons (Fsp3) is 0.308. The molecule has 0 saturated heterocycles. The van der Waals surface area contributed by atoms with Crippen molar-refractivity contribution in [3.63, 3.8) is 0 Å². The van der Waals surface area contributed by atoms with Crippen molar-refractivity contribution in [1.29, 1.82) is 0 Å². The summed E-state index contributed by atoms with van der Waals surface area (Å²) in [6, 6.07) is 4.44. The number of carbonyl (C=O) groups is 1. The van der Waals surface area contributed by atoms with Crippen molar-refractivity contribution >= 4 is 11.6 Å². The minimum Gasteiger partial charge on any atom is -0.326 e. The molecule has 2 N–H and O–H groups in total. The molecule has 1 amide bonds. The summed E-state index contributed by atoms with van der Waals surface area (Å²) in [7, 11) is 0. The third-order valence-corrected chi connectivity index (χ3v) is 2.68. The number of carbonyl (C=O) groups excluding carboxylic acids is 1. The van der Waals surface area contributed by atoms with Gasteiger partial charge in [0.05, 0.1) is 0 Å². The topological polar surface area (TPSA) is 71.8 Å². The first-order valence-electron chi connectivity index (χ1n) is 6.36. The Bertz CT molecular complexity index is 570. The largest absolute Gasteiger partial charge is 0.326 e. The monoisotopic (exact) mass is 277 g/mol. The lowest BCUT2D eigenvalue weighted by molar-refractivity contribution is -0.116. The smallest absolute Gasteiger partial charge is 0.225 e. The van der Waals surface area contributed by atoms with Crippen molar-refractivity contribution < 1.29 is 9.18 Å². The third kappa shape index (κ3) is 3.61. The number of nitrogens with one attached hydrogen (secondary N) is 2. The van der Waals surface area contributed by atoms with Gasteiger partial charge < -0.3 is 10.6 Å². The van der Waals surface area contributed by atoms with Crippen LogP contribution < -0.4 is 10.6 Å². The van der Waals surface area contributed by atoms with Crippen LogP contribution in [0.2, 0.25) is 0 Å². The highest BCUT2D eigenvalue weighted by Crippen LogP contribution is 2.17. The van der Waals surface area contributed by atoms with Gasteiger partial charge in [-0.3, -0.25) is 4.79 Å². The molecular weight excluding hydrogens is 261 g/mol. The number of halogens is 1. The van der Waals surface area contributed by atoms with Gasteiger partial charge in [-0.2, -0.15) is 5.10 Å². The normalized spacial score (nSPS) is 10.5. The van der Waals surface area contributed by atoms with Gasteiger partial charge in [0.25, 0.3) is 0 Å². The first-order chi connectivity index (χ1) is 9.70. The molecule has 0 aliphatic heterocycles. The zero-order valence-electron chi connectivity index (χ0n) is 11.1. The number of hydrogen-bond donors (Lipinski definition) is 2. The van der Waals surface area contributed by atoms with E-state index in [1.807, 2.05) is 6.92 Å². The lowest BCUT2D eigenvalue weighted by Crippen LogP contribution is -2.21. The predicted octanol–water partition coefficient (Wildman–Crippen LogP) is 1.34. The average molecular weight is 277 g/mol. The summed E-state index contributed by atoms with van der Waals surface area (Å²) in [5, 5.41) is 9.56. The standard InChI is InChI=1S/C13H16FN5O/c1-2-15-6-5-13(20)18-10-3-4-12(11(14)7-10)19-9-16-8-17-19/h3-4,7-9,15H,2,5-6H2,1H3,(H,18,20). The van der Waals surface area contributed by atoms with Crippen LogP contribution in [0.15, 0.2) is 30.9 Å². The zero-order valence-corrected chi connectivity index (χ0v) is 11.1. The number of nitrogens with zero attached hydrogens (tertiary/aromatic N) is 3. The highest BCUT2D eigenvalue weighted by atomic mass is 19.1. The molecule has 1 aromatic heterocycles. The third-order valence-electron chi connectivity index (χ3n) is 2.68. The summed E-state index contributed by atoms with van der Waals surface area (Å²) in [5.74, 6) is -0.626. The number of anilines is 1. The first-order valence-corrected chi connectivity index (χ1v) is 6.36. The lowest BCUT2D eigenvalue weighted by atomic mass is 10.2. The molecule has 0 atom stereocenters. The molecule has 0 aliphatic rings. The highest BCUT2D eigenvalue weighted by molar-refractivity contribution is 5.90. The van der Waals surface area contributed by atoms with Gasteiger partial charge in [0.2, 0.25) is 5.91 Å². The number of benzene rings is 1. The summed E-state index contributed by atoms with van der Waals surface area (Å²) in [6.45, 7) is 3.38. The van der Waals surface area contributed by atoms with E-state index in [1.165, 1.54) is 23.4 Å². The van der Waals surface area contributed by atoms with Gasteiger partial charge in [-0.05, 0) is 24.7 Å². The van der Waals surface area contributed by atoms with Crippen LogP contribution >= 0.6 is 0 Å². The Labute approximate surface area is 116 Å². The van der Waals surface area contributed by atoms with Crippen molar-refractivity contribution in [2.24, 2.45) is 0 Å². The summed E-state index contributed by atoms with van der Waals surface area (Å²) in [4.78, 5) is 15.4. The van der Waals surface area contributed by atoms with Gasteiger partial charge in [-0.1, -0.05) is 6.92 Å². The van der Waals surface area contributed by atoms with Crippen LogP contribution in [0.25, 0.3) is 5.69 Å². The van der Waals surface area contributed by atoms with Crippen LogP contribution in [0, 0.1) is 5.82 Å². The molecule has 7 heteroatoms. The molecule has 0 fully saturated rings. The van der Waals surface area contributed by atoms with Crippen LogP contribution in [0.3, 0.4) is 0 Å². The SMILES string of the molecule is CCNCCC(=O)Nc1ccc(-n2cncn2)c(F)c1. The molecule has 0 bridgehead atoms. The van der Waals surface area contributed by atoms with Gasteiger partial charge in [0.1, 0.15) is 18.3 Å². The molecule has 0 spiro atoms. The Hall–Kier alpha value is -2.28. The molecule has 0 saturated carbocycles. The highest BCUT2D eigenvalue weighted by Gasteiger charge is 2.08. The maximum absolute atomic E-state index is 13.9. The van der Waals surface area contributed by atoms with Crippen LogP contribution in [-0.2, 0) is 4.79 Å². The Morgan fingerprint density at radius 2 is 2.30 bits per heavy atom. The maximum atomic E-state index is 13.9. The minimum atomic E-state index is -0.472. The van der Waals surface area contributed by atoms with E-state index in [-0.39, 0.29) is 11.6 Å². The van der Waals surface area contributed by atoms with Crippen molar-refractivity contribution in [3.05, 3.63) is 36.7 Å². The fourth-order valence-electron chi connectivity index (χ4n) is 1.71. The Morgan fingerprint density at radius 1 is 1.45 bits per heavy atom. The second-order valence-electron chi connectivity index (χ2n) is 4.16. The number of amides is 1. The van der Waals surface area contributed by atoms with Gasteiger partial charge in [0, 0.05) is 18.7 Å². The molecule has 1 heterocycles. The molecule has 0 aliphatic carbocycles. The van der Waals surface area contributed by atoms with E-state index in [0.29, 0.717) is 18.7 Å². The molecule has 1 aromatic carbocycles. The van der Waals surface area contributed by atoms with Crippen molar-refractivity contribution in [3.8, 4) is 5.69 Å². The second kappa shape index (κ2) is 6.76. The van der Waals surface area contributed by atoms with E-state index in [0.717, 1.165) is 6.54 Å². The molecule has 2 aromatic rings. The fourth-order valence-corrected chi connectivity index (χ4v) is 1.71. The Balaban J connectivity index is 2.00. The van der Waals surface area contributed by atoms with E-state index in [2.05, 4.69) is 20.7 Å². The molecule has 0 radical (unpaired) electrons. The Kier molecular flexibility index (Phi) is 4.78. The number of rotatable bonds is 6. The molecule has 0 unspecified atom stereocenters. The molecular formula is C13H16FN5O. The van der Waals surface area contributed by atoms with Crippen LogP contribution in [0.1, 0.15) is 13.3 Å². The van der Waals surface area contributed by atoms with Crippen LogP contribution in [0.5, 0.6) is 0 Å². The summed E-state index contributed by atoms with van der Waals surface area (Å²) in [5.41, 5.74) is 0.709. The molecule has 2 rings (SSSR count). The van der Waals surface area contributed by atoms with Gasteiger partial charge in [0.15, 0.2) is 5.82 Å². The van der Waals surface area contributed by atoms with Crippen LogP contribution in [0.4, 0.5) is 10.1 Å². The van der Waals surface area contributed by atoms with E-state index in [1.54, 1.807) is 12.1 Å². The van der Waals surface area contributed by atoms with Crippen LogP contribution in [-0.4, -0.2) is 33.8 Å². The van der Waals surface area contributed by atoms with Gasteiger partial charge >= 0.3 is 0 Å². The van der Waals surface area contributed by atoms with Crippen molar-refractivity contribution in [1.82, 2.24) is 20.1 Å². The summed E-state index contributed by atoms with van der Waals surface area (Å²) in [6.07, 6.45) is 3.09. The van der Waals surface area contributed by atoms with Crippen molar-refractivity contribution in [2.75, 3.05) is 18.4 Å². The van der Waals surface area contributed by atoms with Crippen molar-refractivity contribution in [2.45, 2.75) is 13.3 Å². The number of hydrogen-bond acceptors (Lipinski definition) is 4. The van der Waals surface area contributed by atoms with E-state index < -0.39 is 5.82 Å². The minimum absolute atomic E-state index is 0.154. The maximum Gasteiger partial charge on any atom is 0.225 e. The summed E-state index contributed by atoms with van der Waals surface area (Å²) < 4.78 is 15.2. The predicted molar refractivity (Wildman–Crippen MR) is 73.1 cm³/mol. The first kappa shape index (κ1) is 14.1. The zero-order chi connectivity index (χ0) is 14.4. The summed E-state index contributed by atoms with van der Waals surface area (Å²) >= 11 is 0. The number of aromatic nitrogens is 3. The quantitative estimate of drug-likeness (QED) is 0.782. The second-order valence-corrected chi connectivity index (χ2v) is 4.16. The molecule has 106 valence electrons. The van der Waals surface area contributed by atoms with E-state index >= 15 is 0 Å². The Morgan fingerprint density at radius 3 is 2.95 bits per heavy atom. The van der Waals surface area contributed by atoms with Gasteiger partial charge in [-0.15, -0.1) is 0 Å². The van der Waals surface area contributed by atoms with E-state index in [4.69, 9.17) is 0 Å². The van der Waals surface area contributed by atoms with E-state index in [9.17, 15) is 9.18 Å². The average Bonchev–Trinajstić information content (AvgIpc) is 2.93. The molecule has 20 heavy (non-hydrogen) atoms.